The van der Waals surface area contributed by atoms with Crippen LogP contribution in [0.15, 0.2) is 12.2 Å². The predicted octanol–water partition coefficient (Wildman–Crippen LogP) is 2.32. The Morgan fingerprint density at radius 1 is 1.44 bits per heavy atom. The highest BCUT2D eigenvalue weighted by molar-refractivity contribution is 5.78. The summed E-state index contributed by atoms with van der Waals surface area (Å²) in [6.07, 6.45) is 2.19. The number of ketones is 1. The molecular formula is C8H14O. The van der Waals surface area contributed by atoms with Gasteiger partial charge in [0.25, 0.3) is 0 Å². The molecule has 0 aromatic carbocycles. The first-order chi connectivity index (χ1) is 4.16. The minimum absolute atomic E-state index is 0.331. The Morgan fingerprint density at radius 2 is 2.00 bits per heavy atom. The van der Waals surface area contributed by atoms with Crippen molar-refractivity contribution < 1.29 is 4.79 Å². The fraction of sp³-hybridized carbons (Fsp3) is 0.625. The Hall–Kier alpha value is -0.590. The summed E-state index contributed by atoms with van der Waals surface area (Å²) >= 11 is 0. The summed E-state index contributed by atoms with van der Waals surface area (Å²) in [6, 6.07) is 0. The van der Waals surface area contributed by atoms with Gasteiger partial charge in [0.15, 0.2) is 0 Å². The van der Waals surface area contributed by atoms with Crippen LogP contribution in [-0.2, 0) is 4.79 Å². The standard InChI is InChI=1S/C8H14O/c1-4-8(9)6-5-7(2)3/h2,4-6H2,1,3H3. The minimum atomic E-state index is 0.331. The van der Waals surface area contributed by atoms with E-state index in [1.54, 1.807) is 0 Å². The maximum Gasteiger partial charge on any atom is 0.132 e. The van der Waals surface area contributed by atoms with Crippen LogP contribution in [0.4, 0.5) is 0 Å². The van der Waals surface area contributed by atoms with Gasteiger partial charge in [0, 0.05) is 12.8 Å². The molecule has 1 heteroatoms. The van der Waals surface area contributed by atoms with Crippen LogP contribution in [0.5, 0.6) is 0 Å². The second-order valence-electron chi connectivity index (χ2n) is 2.35. The van der Waals surface area contributed by atoms with Gasteiger partial charge in [-0.3, -0.25) is 4.79 Å². The normalized spacial score (nSPS) is 9.11. The molecule has 9 heavy (non-hydrogen) atoms. The number of Topliss-reactive ketones (excluding diaryl/α,β-unsaturated/α-hetero) is 1. The summed E-state index contributed by atoms with van der Waals surface area (Å²) in [4.78, 5) is 10.7. The van der Waals surface area contributed by atoms with Gasteiger partial charge < -0.3 is 0 Å². The van der Waals surface area contributed by atoms with Crippen molar-refractivity contribution in [3.8, 4) is 0 Å². The molecule has 0 aliphatic heterocycles. The van der Waals surface area contributed by atoms with Gasteiger partial charge in [0.2, 0.25) is 0 Å². The Balaban J connectivity index is 3.28. The fourth-order valence-electron chi connectivity index (χ4n) is 0.530. The zero-order valence-corrected chi connectivity index (χ0v) is 6.24. The molecule has 0 bridgehead atoms. The molecule has 0 radical (unpaired) electrons. The van der Waals surface area contributed by atoms with Crippen LogP contribution in [0.3, 0.4) is 0 Å². The molecule has 0 rings (SSSR count). The lowest BCUT2D eigenvalue weighted by Crippen LogP contribution is -1.93. The highest BCUT2D eigenvalue weighted by Crippen LogP contribution is 2.01. The predicted molar refractivity (Wildman–Crippen MR) is 39.3 cm³/mol. The van der Waals surface area contributed by atoms with E-state index < -0.39 is 0 Å². The van der Waals surface area contributed by atoms with Crippen molar-refractivity contribution in [2.24, 2.45) is 0 Å². The fourth-order valence-corrected chi connectivity index (χ4v) is 0.530. The summed E-state index contributed by atoms with van der Waals surface area (Å²) in [6.45, 7) is 7.55. The molecule has 0 N–H and O–H groups in total. The van der Waals surface area contributed by atoms with E-state index in [4.69, 9.17) is 0 Å². The second kappa shape index (κ2) is 4.30. The van der Waals surface area contributed by atoms with Gasteiger partial charge in [-0.2, -0.15) is 0 Å². The Labute approximate surface area is 56.8 Å². The molecule has 1 nitrogen and oxygen atoms in total. The van der Waals surface area contributed by atoms with E-state index in [1.807, 2.05) is 13.8 Å². The molecule has 0 heterocycles. The number of carbonyl (C=O) groups excluding carboxylic acids is 1. The monoisotopic (exact) mass is 126 g/mol. The van der Waals surface area contributed by atoms with E-state index in [0.717, 1.165) is 12.0 Å². The van der Waals surface area contributed by atoms with Crippen molar-refractivity contribution >= 4 is 5.78 Å². The summed E-state index contributed by atoms with van der Waals surface area (Å²) in [7, 11) is 0. The van der Waals surface area contributed by atoms with Gasteiger partial charge in [0.05, 0.1) is 0 Å². The minimum Gasteiger partial charge on any atom is -0.300 e. The molecule has 0 amide bonds. The van der Waals surface area contributed by atoms with Crippen LogP contribution >= 0.6 is 0 Å². The second-order valence-corrected chi connectivity index (χ2v) is 2.35. The average Bonchev–Trinajstić information content (AvgIpc) is 1.83. The molecule has 0 fully saturated rings. The topological polar surface area (TPSA) is 17.1 Å². The van der Waals surface area contributed by atoms with E-state index in [0.29, 0.717) is 18.6 Å². The molecular weight excluding hydrogens is 112 g/mol. The summed E-state index contributed by atoms with van der Waals surface area (Å²) in [5.41, 5.74) is 1.09. The molecule has 0 unspecified atom stereocenters. The number of hydrogen-bond acceptors (Lipinski definition) is 1. The highest BCUT2D eigenvalue weighted by Gasteiger charge is 1.95. The molecule has 0 atom stereocenters. The molecule has 0 aromatic rings. The van der Waals surface area contributed by atoms with Crippen LogP contribution in [0.1, 0.15) is 33.1 Å². The molecule has 0 aliphatic carbocycles. The Kier molecular flexibility index (Phi) is 4.02. The van der Waals surface area contributed by atoms with Crippen molar-refractivity contribution in [2.45, 2.75) is 33.1 Å². The zero-order valence-electron chi connectivity index (χ0n) is 6.24. The smallest absolute Gasteiger partial charge is 0.132 e. The molecule has 0 aromatic heterocycles. The number of carbonyl (C=O) groups is 1. The molecule has 0 spiro atoms. The van der Waals surface area contributed by atoms with Gasteiger partial charge >= 0.3 is 0 Å². The van der Waals surface area contributed by atoms with Gasteiger partial charge in [-0.15, -0.1) is 6.58 Å². The van der Waals surface area contributed by atoms with Crippen LogP contribution in [0.25, 0.3) is 0 Å². The lowest BCUT2D eigenvalue weighted by atomic mass is 10.1. The highest BCUT2D eigenvalue weighted by atomic mass is 16.1. The van der Waals surface area contributed by atoms with E-state index in [-0.39, 0.29) is 0 Å². The third kappa shape index (κ3) is 5.28. The summed E-state index contributed by atoms with van der Waals surface area (Å²) in [5, 5.41) is 0. The van der Waals surface area contributed by atoms with Crippen LogP contribution < -0.4 is 0 Å². The maximum absolute atomic E-state index is 10.7. The van der Waals surface area contributed by atoms with Crippen LogP contribution in [-0.4, -0.2) is 5.78 Å². The number of allylic oxidation sites excluding steroid dienone is 1. The first kappa shape index (κ1) is 8.41. The summed E-state index contributed by atoms with van der Waals surface area (Å²) in [5.74, 6) is 0.331. The lowest BCUT2D eigenvalue weighted by Gasteiger charge is -1.94. The molecule has 52 valence electrons. The van der Waals surface area contributed by atoms with Crippen molar-refractivity contribution in [2.75, 3.05) is 0 Å². The number of hydrogen-bond donors (Lipinski definition) is 0. The maximum atomic E-state index is 10.7. The largest absolute Gasteiger partial charge is 0.300 e. The molecule has 0 saturated heterocycles. The van der Waals surface area contributed by atoms with Crippen molar-refractivity contribution in [1.29, 1.82) is 0 Å². The molecule has 0 aliphatic rings. The third-order valence-electron chi connectivity index (χ3n) is 1.22. The quantitative estimate of drug-likeness (QED) is 0.528. The van der Waals surface area contributed by atoms with Gasteiger partial charge in [-0.25, -0.2) is 0 Å². The molecule has 0 saturated carbocycles. The van der Waals surface area contributed by atoms with E-state index in [2.05, 4.69) is 6.58 Å². The van der Waals surface area contributed by atoms with Crippen LogP contribution in [0.2, 0.25) is 0 Å². The summed E-state index contributed by atoms with van der Waals surface area (Å²) < 4.78 is 0. The SMILES string of the molecule is C=C(C)CCC(=O)CC. The Bertz CT molecular complexity index is 114. The van der Waals surface area contributed by atoms with E-state index >= 15 is 0 Å². The van der Waals surface area contributed by atoms with Crippen molar-refractivity contribution in [3.05, 3.63) is 12.2 Å². The first-order valence-corrected chi connectivity index (χ1v) is 3.33. The third-order valence-corrected chi connectivity index (χ3v) is 1.22. The lowest BCUT2D eigenvalue weighted by molar-refractivity contribution is -0.118. The number of rotatable bonds is 4. The van der Waals surface area contributed by atoms with Gasteiger partial charge in [-0.1, -0.05) is 12.5 Å². The zero-order chi connectivity index (χ0) is 7.28. The van der Waals surface area contributed by atoms with E-state index in [9.17, 15) is 4.79 Å². The van der Waals surface area contributed by atoms with Gasteiger partial charge in [-0.05, 0) is 13.3 Å². The van der Waals surface area contributed by atoms with Gasteiger partial charge in [0.1, 0.15) is 5.78 Å². The van der Waals surface area contributed by atoms with Crippen molar-refractivity contribution in [3.63, 3.8) is 0 Å². The Morgan fingerprint density at radius 3 is 2.33 bits per heavy atom. The van der Waals surface area contributed by atoms with E-state index in [1.165, 1.54) is 0 Å². The average molecular weight is 126 g/mol. The first-order valence-electron chi connectivity index (χ1n) is 3.33. The van der Waals surface area contributed by atoms with Crippen molar-refractivity contribution in [1.82, 2.24) is 0 Å². The van der Waals surface area contributed by atoms with Crippen LogP contribution in [0, 0.1) is 0 Å².